The van der Waals surface area contributed by atoms with Crippen LogP contribution in [0.1, 0.15) is 42.3 Å². The van der Waals surface area contributed by atoms with Gasteiger partial charge in [-0.2, -0.15) is 0 Å². The summed E-state index contributed by atoms with van der Waals surface area (Å²) >= 11 is 0. The van der Waals surface area contributed by atoms with E-state index in [0.29, 0.717) is 6.42 Å². The van der Waals surface area contributed by atoms with E-state index in [0.717, 1.165) is 50.3 Å². The Morgan fingerprint density at radius 1 is 1.24 bits per heavy atom. The number of anilines is 1. The van der Waals surface area contributed by atoms with Crippen molar-refractivity contribution in [2.45, 2.75) is 38.6 Å². The fourth-order valence-corrected chi connectivity index (χ4v) is 4.03. The van der Waals surface area contributed by atoms with Crippen LogP contribution in [-0.4, -0.2) is 40.4 Å². The molecule has 0 saturated carbocycles. The van der Waals surface area contributed by atoms with Crippen molar-refractivity contribution in [1.29, 1.82) is 0 Å². The maximum atomic E-state index is 12.8. The summed E-state index contributed by atoms with van der Waals surface area (Å²) in [6.07, 6.45) is 7.23. The van der Waals surface area contributed by atoms with Gasteiger partial charge < -0.3 is 9.80 Å². The van der Waals surface area contributed by atoms with Gasteiger partial charge in [0.05, 0.1) is 23.6 Å². The van der Waals surface area contributed by atoms with Crippen LogP contribution in [0.3, 0.4) is 0 Å². The number of aryl methyl sites for hydroxylation is 1. The highest BCUT2D eigenvalue weighted by atomic mass is 16.2. The number of carbonyl (C=O) groups is 1. The summed E-state index contributed by atoms with van der Waals surface area (Å²) in [6.45, 7) is 4.58. The van der Waals surface area contributed by atoms with Crippen molar-refractivity contribution < 1.29 is 4.79 Å². The number of likely N-dealkylation sites (tertiary alicyclic amines) is 1. The number of rotatable bonds is 4. The number of aromatic nitrogens is 2. The van der Waals surface area contributed by atoms with Crippen LogP contribution in [-0.2, 0) is 11.2 Å². The van der Waals surface area contributed by atoms with E-state index in [9.17, 15) is 4.79 Å². The van der Waals surface area contributed by atoms with E-state index in [1.807, 2.05) is 11.8 Å². The zero-order chi connectivity index (χ0) is 17.2. The van der Waals surface area contributed by atoms with Gasteiger partial charge in [0.25, 0.3) is 0 Å². The first-order valence-corrected chi connectivity index (χ1v) is 9.13. The number of nitrogens with zero attached hydrogens (tertiary/aromatic N) is 4. The van der Waals surface area contributed by atoms with Crippen molar-refractivity contribution in [3.05, 3.63) is 53.6 Å². The van der Waals surface area contributed by atoms with E-state index in [2.05, 4.69) is 39.1 Å². The Bertz CT molecular complexity index is 776. The number of para-hydroxylation sites is 1. The van der Waals surface area contributed by atoms with Gasteiger partial charge in [-0.1, -0.05) is 18.2 Å². The SMILES string of the molecule is Cc1cncc([C@@H]2CCCN2C(=O)CCN2CCc3ccccc32)n1. The number of fused-ring (bicyclic) bond motifs is 1. The molecule has 0 unspecified atom stereocenters. The van der Waals surface area contributed by atoms with Gasteiger partial charge in [0.1, 0.15) is 0 Å². The predicted octanol–water partition coefficient (Wildman–Crippen LogP) is 2.90. The zero-order valence-electron chi connectivity index (χ0n) is 14.7. The second kappa shape index (κ2) is 6.82. The van der Waals surface area contributed by atoms with Crippen LogP contribution >= 0.6 is 0 Å². The molecule has 1 amide bonds. The molecule has 4 rings (SSSR count). The molecule has 0 aliphatic carbocycles. The van der Waals surface area contributed by atoms with Crippen LogP contribution in [0.5, 0.6) is 0 Å². The fraction of sp³-hybridized carbons (Fsp3) is 0.450. The second-order valence-corrected chi connectivity index (χ2v) is 6.95. The average molecular weight is 336 g/mol. The van der Waals surface area contributed by atoms with Crippen LogP contribution in [0.15, 0.2) is 36.7 Å². The third kappa shape index (κ3) is 3.23. The molecule has 1 saturated heterocycles. The molecule has 3 heterocycles. The largest absolute Gasteiger partial charge is 0.370 e. The lowest BCUT2D eigenvalue weighted by atomic mass is 10.1. The van der Waals surface area contributed by atoms with E-state index in [-0.39, 0.29) is 11.9 Å². The average Bonchev–Trinajstić information content (AvgIpc) is 3.27. The summed E-state index contributed by atoms with van der Waals surface area (Å²) in [4.78, 5) is 26.0. The van der Waals surface area contributed by atoms with Crippen molar-refractivity contribution >= 4 is 11.6 Å². The molecule has 5 heteroatoms. The summed E-state index contributed by atoms with van der Waals surface area (Å²) in [5, 5.41) is 0. The Labute approximate surface area is 148 Å². The van der Waals surface area contributed by atoms with Crippen molar-refractivity contribution in [2.24, 2.45) is 0 Å². The Balaban J connectivity index is 1.41. The normalized spacial score (nSPS) is 19.3. The molecule has 1 aromatic heterocycles. The molecular weight excluding hydrogens is 312 g/mol. The minimum absolute atomic E-state index is 0.0887. The van der Waals surface area contributed by atoms with Gasteiger partial charge in [-0.05, 0) is 37.8 Å². The third-order valence-electron chi connectivity index (χ3n) is 5.27. The molecule has 130 valence electrons. The van der Waals surface area contributed by atoms with E-state index in [1.54, 1.807) is 12.4 Å². The maximum absolute atomic E-state index is 12.8. The summed E-state index contributed by atoms with van der Waals surface area (Å²) < 4.78 is 0. The molecule has 1 fully saturated rings. The molecule has 1 atom stereocenters. The van der Waals surface area contributed by atoms with Gasteiger partial charge in [-0.25, -0.2) is 0 Å². The third-order valence-corrected chi connectivity index (χ3v) is 5.27. The smallest absolute Gasteiger partial charge is 0.224 e. The number of benzene rings is 1. The lowest BCUT2D eigenvalue weighted by Gasteiger charge is -2.26. The quantitative estimate of drug-likeness (QED) is 0.861. The molecule has 2 aromatic rings. The molecular formula is C20H24N4O. The number of carbonyl (C=O) groups excluding carboxylic acids is 1. The molecule has 5 nitrogen and oxygen atoms in total. The van der Waals surface area contributed by atoms with Crippen molar-refractivity contribution in [2.75, 3.05) is 24.5 Å². The van der Waals surface area contributed by atoms with Crippen LogP contribution in [0, 0.1) is 6.92 Å². The Morgan fingerprint density at radius 3 is 3.00 bits per heavy atom. The first kappa shape index (κ1) is 16.1. The molecule has 2 aliphatic rings. The zero-order valence-corrected chi connectivity index (χ0v) is 14.7. The number of hydrogen-bond acceptors (Lipinski definition) is 4. The van der Waals surface area contributed by atoms with E-state index >= 15 is 0 Å². The highest BCUT2D eigenvalue weighted by Crippen LogP contribution is 2.32. The minimum atomic E-state index is 0.0887. The summed E-state index contributed by atoms with van der Waals surface area (Å²) in [5.74, 6) is 0.232. The van der Waals surface area contributed by atoms with Crippen LogP contribution < -0.4 is 4.90 Å². The second-order valence-electron chi connectivity index (χ2n) is 6.95. The molecule has 25 heavy (non-hydrogen) atoms. The van der Waals surface area contributed by atoms with Crippen LogP contribution in [0.2, 0.25) is 0 Å². The standard InChI is InChI=1S/C20H24N4O/c1-15-13-21-14-17(22-15)19-7-4-10-24(19)20(25)9-12-23-11-8-16-5-2-3-6-18(16)23/h2-3,5-6,13-14,19H,4,7-12H2,1H3/t19-/m0/s1. The van der Waals surface area contributed by atoms with E-state index in [4.69, 9.17) is 0 Å². The maximum Gasteiger partial charge on any atom is 0.224 e. The lowest BCUT2D eigenvalue weighted by Crippen LogP contribution is -2.34. The van der Waals surface area contributed by atoms with Gasteiger partial charge >= 0.3 is 0 Å². The first-order chi connectivity index (χ1) is 12.2. The topological polar surface area (TPSA) is 49.3 Å². The molecule has 0 bridgehead atoms. The summed E-state index contributed by atoms with van der Waals surface area (Å²) in [5.41, 5.74) is 4.52. The molecule has 1 aromatic carbocycles. The van der Waals surface area contributed by atoms with Crippen molar-refractivity contribution in [3.63, 3.8) is 0 Å². The molecule has 2 aliphatic heterocycles. The summed E-state index contributed by atoms with van der Waals surface area (Å²) in [7, 11) is 0. The fourth-order valence-electron chi connectivity index (χ4n) is 4.03. The highest BCUT2D eigenvalue weighted by Gasteiger charge is 2.31. The summed E-state index contributed by atoms with van der Waals surface area (Å²) in [6, 6.07) is 8.60. The Morgan fingerprint density at radius 2 is 2.12 bits per heavy atom. The molecule has 0 radical (unpaired) electrons. The van der Waals surface area contributed by atoms with Crippen molar-refractivity contribution in [1.82, 2.24) is 14.9 Å². The van der Waals surface area contributed by atoms with Gasteiger partial charge in [0, 0.05) is 37.9 Å². The van der Waals surface area contributed by atoms with Gasteiger partial charge in [0.15, 0.2) is 0 Å². The predicted molar refractivity (Wildman–Crippen MR) is 97.4 cm³/mol. The minimum Gasteiger partial charge on any atom is -0.370 e. The Hall–Kier alpha value is -2.43. The van der Waals surface area contributed by atoms with Crippen LogP contribution in [0.25, 0.3) is 0 Å². The van der Waals surface area contributed by atoms with Crippen molar-refractivity contribution in [3.8, 4) is 0 Å². The molecule has 0 spiro atoms. The van der Waals surface area contributed by atoms with Gasteiger partial charge in [-0.3, -0.25) is 14.8 Å². The molecule has 0 N–H and O–H groups in total. The van der Waals surface area contributed by atoms with Crippen LogP contribution in [0.4, 0.5) is 5.69 Å². The Kier molecular flexibility index (Phi) is 4.38. The number of hydrogen-bond donors (Lipinski definition) is 0. The lowest BCUT2D eigenvalue weighted by molar-refractivity contribution is -0.132. The number of amides is 1. The first-order valence-electron chi connectivity index (χ1n) is 9.13. The van der Waals surface area contributed by atoms with Gasteiger partial charge in [-0.15, -0.1) is 0 Å². The monoisotopic (exact) mass is 336 g/mol. The van der Waals surface area contributed by atoms with Gasteiger partial charge in [0.2, 0.25) is 5.91 Å². The highest BCUT2D eigenvalue weighted by molar-refractivity contribution is 5.78. The van der Waals surface area contributed by atoms with E-state index < -0.39 is 0 Å². The van der Waals surface area contributed by atoms with E-state index in [1.165, 1.54) is 11.3 Å².